The Balaban J connectivity index is 1.90. The van der Waals surface area contributed by atoms with Crippen molar-refractivity contribution in [1.82, 2.24) is 9.97 Å². The summed E-state index contributed by atoms with van der Waals surface area (Å²) in [5.41, 5.74) is 8.03. The van der Waals surface area contributed by atoms with Crippen LogP contribution in [0.5, 0.6) is 0 Å². The highest BCUT2D eigenvalue weighted by Gasteiger charge is 2.35. The fourth-order valence-corrected chi connectivity index (χ4v) is 3.92. The average molecular weight is 359 g/mol. The smallest absolute Gasteiger partial charge is 0.167 e. The number of aromatic amines is 1. The van der Waals surface area contributed by atoms with Gasteiger partial charge in [0.05, 0.1) is 16.9 Å². The van der Waals surface area contributed by atoms with Crippen LogP contribution in [0.1, 0.15) is 47.4 Å². The highest BCUT2D eigenvalue weighted by molar-refractivity contribution is 6.07. The van der Waals surface area contributed by atoms with Crippen LogP contribution in [0.4, 0.5) is 11.4 Å². The Kier molecular flexibility index (Phi) is 4.14. The van der Waals surface area contributed by atoms with Crippen LogP contribution in [0.3, 0.4) is 0 Å². The number of carbonyl (C=O) groups excluding carboxylic acids is 1. The summed E-state index contributed by atoms with van der Waals surface area (Å²) >= 11 is 0. The number of H-pyrrole nitrogens is 1. The normalized spacial score (nSPS) is 15.5. The maximum atomic E-state index is 13.0. The lowest BCUT2D eigenvalue weighted by atomic mass is 9.76. The number of Topliss-reactive ketones (excluding diaryl/α,β-unsaturated/α-hetero) is 1. The van der Waals surface area contributed by atoms with Gasteiger partial charge in [-0.15, -0.1) is 0 Å². The number of hydrogen-bond donors (Lipinski definition) is 2. The topological polar surface area (TPSA) is 57.8 Å². The van der Waals surface area contributed by atoms with Crippen LogP contribution in [-0.4, -0.2) is 15.8 Å². The van der Waals surface area contributed by atoms with Crippen LogP contribution in [-0.2, 0) is 6.42 Å². The Hall–Kier alpha value is -2.88. The molecule has 1 aliphatic carbocycles. The van der Waals surface area contributed by atoms with Gasteiger partial charge < -0.3 is 10.3 Å². The Morgan fingerprint density at radius 2 is 1.81 bits per heavy atom. The molecule has 0 saturated carbocycles. The first-order valence-electron chi connectivity index (χ1n) is 9.37. The van der Waals surface area contributed by atoms with Crippen molar-refractivity contribution in [2.75, 3.05) is 5.32 Å². The zero-order chi connectivity index (χ0) is 19.2. The summed E-state index contributed by atoms with van der Waals surface area (Å²) in [6, 6.07) is 10.3. The largest absolute Gasteiger partial charge is 0.356 e. The summed E-state index contributed by atoms with van der Waals surface area (Å²) < 4.78 is 0. The molecule has 138 valence electrons. The standard InChI is InChI=1S/C23H25N3O/c1-14-5-6-15(2)17(11-14)25-22-20-18(12-23(3,4)13-19(20)27)26-21(22)16-7-9-24-10-8-16/h5-11,25-26H,12-13H2,1-4H3. The van der Waals surface area contributed by atoms with E-state index >= 15 is 0 Å². The lowest BCUT2D eigenvalue weighted by molar-refractivity contribution is 0.0912. The summed E-state index contributed by atoms with van der Waals surface area (Å²) in [6.07, 6.45) is 4.99. The van der Waals surface area contributed by atoms with Gasteiger partial charge in [0, 0.05) is 35.8 Å². The number of rotatable bonds is 3. The summed E-state index contributed by atoms with van der Waals surface area (Å²) in [5.74, 6) is 0.200. The lowest BCUT2D eigenvalue weighted by Gasteiger charge is -2.28. The van der Waals surface area contributed by atoms with Crippen LogP contribution in [0.2, 0.25) is 0 Å². The summed E-state index contributed by atoms with van der Waals surface area (Å²) in [5, 5.41) is 3.57. The molecule has 2 N–H and O–H groups in total. The van der Waals surface area contributed by atoms with E-state index in [1.165, 1.54) is 5.56 Å². The van der Waals surface area contributed by atoms with Crippen LogP contribution in [0.25, 0.3) is 11.3 Å². The second-order valence-electron chi connectivity index (χ2n) is 8.35. The number of anilines is 2. The fourth-order valence-electron chi connectivity index (χ4n) is 3.92. The highest BCUT2D eigenvalue weighted by atomic mass is 16.1. The van der Waals surface area contributed by atoms with Crippen LogP contribution < -0.4 is 5.32 Å². The van der Waals surface area contributed by atoms with Gasteiger partial charge in [0.1, 0.15) is 0 Å². The molecule has 0 unspecified atom stereocenters. The minimum Gasteiger partial charge on any atom is -0.356 e. The average Bonchev–Trinajstić information content (AvgIpc) is 2.96. The molecule has 4 rings (SSSR count). The highest BCUT2D eigenvalue weighted by Crippen LogP contribution is 2.43. The monoisotopic (exact) mass is 359 g/mol. The molecule has 0 fully saturated rings. The van der Waals surface area contributed by atoms with E-state index in [1.807, 2.05) is 12.1 Å². The molecular weight excluding hydrogens is 334 g/mol. The fraction of sp³-hybridized carbons (Fsp3) is 0.304. The van der Waals surface area contributed by atoms with E-state index in [9.17, 15) is 4.79 Å². The van der Waals surface area contributed by atoms with Gasteiger partial charge in [-0.3, -0.25) is 9.78 Å². The van der Waals surface area contributed by atoms with E-state index in [1.54, 1.807) is 12.4 Å². The molecule has 0 saturated heterocycles. The molecule has 2 aromatic heterocycles. The van der Waals surface area contributed by atoms with Gasteiger partial charge in [0.25, 0.3) is 0 Å². The molecule has 3 aromatic rings. The molecule has 27 heavy (non-hydrogen) atoms. The molecular formula is C23H25N3O. The second kappa shape index (κ2) is 6.38. The van der Waals surface area contributed by atoms with E-state index in [4.69, 9.17) is 0 Å². The van der Waals surface area contributed by atoms with Crippen molar-refractivity contribution < 1.29 is 4.79 Å². The van der Waals surface area contributed by atoms with Gasteiger partial charge >= 0.3 is 0 Å². The van der Waals surface area contributed by atoms with Crippen LogP contribution >= 0.6 is 0 Å². The quantitative estimate of drug-likeness (QED) is 0.641. The van der Waals surface area contributed by atoms with Crippen molar-refractivity contribution in [3.05, 3.63) is 65.1 Å². The SMILES string of the molecule is Cc1ccc(C)c(Nc2c(-c3ccncc3)[nH]c3c2C(=O)CC(C)(C)C3)c1. The number of benzene rings is 1. The van der Waals surface area contributed by atoms with Gasteiger partial charge in [0.2, 0.25) is 0 Å². The predicted molar refractivity (Wildman–Crippen MR) is 110 cm³/mol. The number of pyridine rings is 1. The van der Waals surface area contributed by atoms with E-state index in [0.717, 1.165) is 45.9 Å². The molecule has 4 heteroatoms. The van der Waals surface area contributed by atoms with Gasteiger partial charge in [-0.25, -0.2) is 0 Å². The number of aryl methyl sites for hydroxylation is 2. The number of nitrogens with zero attached hydrogens (tertiary/aromatic N) is 1. The second-order valence-corrected chi connectivity index (χ2v) is 8.35. The first kappa shape index (κ1) is 17.5. The van der Waals surface area contributed by atoms with E-state index in [0.29, 0.717) is 6.42 Å². The zero-order valence-electron chi connectivity index (χ0n) is 16.3. The van der Waals surface area contributed by atoms with Crippen molar-refractivity contribution in [3.63, 3.8) is 0 Å². The van der Waals surface area contributed by atoms with Crippen molar-refractivity contribution in [2.24, 2.45) is 5.41 Å². The molecule has 0 bridgehead atoms. The minimum atomic E-state index is -0.0268. The minimum absolute atomic E-state index is 0.0268. The van der Waals surface area contributed by atoms with Crippen LogP contribution in [0, 0.1) is 19.3 Å². The number of aromatic nitrogens is 2. The number of hydrogen-bond acceptors (Lipinski definition) is 3. The molecule has 0 amide bonds. The van der Waals surface area contributed by atoms with Crippen LogP contribution in [0.15, 0.2) is 42.7 Å². The van der Waals surface area contributed by atoms with Gasteiger partial charge in [-0.2, -0.15) is 0 Å². The van der Waals surface area contributed by atoms with E-state index < -0.39 is 0 Å². The molecule has 0 radical (unpaired) electrons. The van der Waals surface area contributed by atoms with Crippen molar-refractivity contribution in [1.29, 1.82) is 0 Å². The third-order valence-electron chi connectivity index (χ3n) is 5.27. The summed E-state index contributed by atoms with van der Waals surface area (Å²) in [4.78, 5) is 20.7. The number of carbonyl (C=O) groups is 1. The molecule has 4 nitrogen and oxygen atoms in total. The molecule has 0 aliphatic heterocycles. The number of fused-ring (bicyclic) bond motifs is 1. The predicted octanol–water partition coefficient (Wildman–Crippen LogP) is 5.59. The third-order valence-corrected chi connectivity index (χ3v) is 5.27. The first-order chi connectivity index (χ1) is 12.8. The molecule has 2 heterocycles. The lowest BCUT2D eigenvalue weighted by Crippen LogP contribution is -2.26. The van der Waals surface area contributed by atoms with Crippen molar-refractivity contribution >= 4 is 17.2 Å². The third kappa shape index (κ3) is 3.27. The van der Waals surface area contributed by atoms with Crippen molar-refractivity contribution in [3.8, 4) is 11.3 Å². The van der Waals surface area contributed by atoms with E-state index in [-0.39, 0.29) is 11.2 Å². The molecule has 1 aromatic carbocycles. The van der Waals surface area contributed by atoms with Gasteiger partial charge in [-0.05, 0) is 55.0 Å². The van der Waals surface area contributed by atoms with Gasteiger partial charge in [-0.1, -0.05) is 26.0 Å². The molecule has 1 aliphatic rings. The van der Waals surface area contributed by atoms with Gasteiger partial charge in [0.15, 0.2) is 5.78 Å². The number of ketones is 1. The Morgan fingerprint density at radius 1 is 1.07 bits per heavy atom. The Labute approximate surface area is 160 Å². The molecule has 0 spiro atoms. The van der Waals surface area contributed by atoms with E-state index in [2.05, 4.69) is 61.2 Å². The summed E-state index contributed by atoms with van der Waals surface area (Å²) in [7, 11) is 0. The number of nitrogens with one attached hydrogen (secondary N) is 2. The zero-order valence-corrected chi connectivity index (χ0v) is 16.3. The van der Waals surface area contributed by atoms with Crippen molar-refractivity contribution in [2.45, 2.75) is 40.5 Å². The first-order valence-corrected chi connectivity index (χ1v) is 9.37. The maximum absolute atomic E-state index is 13.0. The molecule has 0 atom stereocenters. The summed E-state index contributed by atoms with van der Waals surface area (Å²) in [6.45, 7) is 8.46. The Bertz CT molecular complexity index is 1020. The Morgan fingerprint density at radius 3 is 2.56 bits per heavy atom. The maximum Gasteiger partial charge on any atom is 0.167 e.